The second-order valence-electron chi connectivity index (χ2n) is 6.00. The molecule has 0 saturated heterocycles. The van der Waals surface area contributed by atoms with E-state index in [2.05, 4.69) is 6.07 Å². The fourth-order valence-corrected chi connectivity index (χ4v) is 3.45. The smallest absolute Gasteiger partial charge is 0.262 e. The standard InChI is InChI=1S/C17H18N2O2/c1-11-7-8-13-14(9-11)17(21)19(16(13)20)15(10-18)12-5-3-2-4-6-12/h7-9,12,15H,2-6H2,1H3. The van der Waals surface area contributed by atoms with E-state index in [0.717, 1.165) is 31.2 Å². The normalized spacial score (nSPS) is 20.3. The van der Waals surface area contributed by atoms with Gasteiger partial charge in [-0.25, -0.2) is 0 Å². The largest absolute Gasteiger partial charge is 0.269 e. The Kier molecular flexibility index (Phi) is 3.50. The number of rotatable bonds is 2. The number of hydrogen-bond donors (Lipinski definition) is 0. The Bertz CT molecular complexity index is 639. The molecule has 0 N–H and O–H groups in total. The molecule has 1 atom stereocenters. The van der Waals surface area contributed by atoms with Crippen molar-refractivity contribution in [1.29, 1.82) is 5.26 Å². The van der Waals surface area contributed by atoms with Crippen LogP contribution in [0.2, 0.25) is 0 Å². The van der Waals surface area contributed by atoms with Crippen molar-refractivity contribution in [2.45, 2.75) is 45.1 Å². The number of imide groups is 1. The van der Waals surface area contributed by atoms with Crippen molar-refractivity contribution in [3.63, 3.8) is 0 Å². The van der Waals surface area contributed by atoms with Gasteiger partial charge in [-0.1, -0.05) is 30.9 Å². The number of hydrogen-bond acceptors (Lipinski definition) is 3. The van der Waals surface area contributed by atoms with E-state index in [-0.39, 0.29) is 17.7 Å². The molecule has 0 radical (unpaired) electrons. The van der Waals surface area contributed by atoms with Crippen LogP contribution in [0.25, 0.3) is 0 Å². The number of carbonyl (C=O) groups excluding carboxylic acids is 2. The summed E-state index contributed by atoms with van der Waals surface area (Å²) in [6.45, 7) is 1.89. The highest BCUT2D eigenvalue weighted by Crippen LogP contribution is 2.33. The van der Waals surface area contributed by atoms with E-state index in [1.165, 1.54) is 11.3 Å². The first-order valence-electron chi connectivity index (χ1n) is 7.51. The average Bonchev–Trinajstić information content (AvgIpc) is 2.74. The average molecular weight is 282 g/mol. The third-order valence-corrected chi connectivity index (χ3v) is 4.58. The molecule has 2 aliphatic rings. The summed E-state index contributed by atoms with van der Waals surface area (Å²) in [6.07, 6.45) is 5.17. The molecule has 1 aliphatic carbocycles. The van der Waals surface area contributed by atoms with E-state index in [9.17, 15) is 14.9 Å². The van der Waals surface area contributed by atoms with Gasteiger partial charge in [0.05, 0.1) is 17.2 Å². The van der Waals surface area contributed by atoms with E-state index in [4.69, 9.17) is 0 Å². The summed E-state index contributed by atoms with van der Waals surface area (Å²) in [4.78, 5) is 26.3. The van der Waals surface area contributed by atoms with Crippen molar-refractivity contribution in [2.75, 3.05) is 0 Å². The SMILES string of the molecule is Cc1ccc2c(c1)C(=O)N(C(C#N)C1CCCCC1)C2=O. The van der Waals surface area contributed by atoms with Crippen LogP contribution in [0.15, 0.2) is 18.2 Å². The Morgan fingerprint density at radius 3 is 2.48 bits per heavy atom. The lowest BCUT2D eigenvalue weighted by Gasteiger charge is -2.30. The molecule has 1 saturated carbocycles. The van der Waals surface area contributed by atoms with Crippen molar-refractivity contribution in [3.05, 3.63) is 34.9 Å². The number of aryl methyl sites for hydroxylation is 1. The van der Waals surface area contributed by atoms with E-state index in [1.54, 1.807) is 12.1 Å². The molecule has 21 heavy (non-hydrogen) atoms. The molecule has 1 aliphatic heterocycles. The fraction of sp³-hybridized carbons (Fsp3) is 0.471. The summed E-state index contributed by atoms with van der Waals surface area (Å²) in [5.41, 5.74) is 1.82. The summed E-state index contributed by atoms with van der Waals surface area (Å²) in [5, 5.41) is 9.51. The van der Waals surface area contributed by atoms with E-state index < -0.39 is 6.04 Å². The van der Waals surface area contributed by atoms with Crippen LogP contribution >= 0.6 is 0 Å². The lowest BCUT2D eigenvalue weighted by atomic mass is 9.83. The molecule has 0 aromatic heterocycles. The van der Waals surface area contributed by atoms with Crippen LogP contribution < -0.4 is 0 Å². The maximum Gasteiger partial charge on any atom is 0.262 e. The molecule has 4 nitrogen and oxygen atoms in total. The molecule has 1 aromatic carbocycles. The first-order chi connectivity index (χ1) is 10.1. The maximum absolute atomic E-state index is 12.6. The molecule has 0 bridgehead atoms. The first kappa shape index (κ1) is 13.8. The van der Waals surface area contributed by atoms with Gasteiger partial charge >= 0.3 is 0 Å². The molecule has 3 rings (SSSR count). The lowest BCUT2D eigenvalue weighted by Crippen LogP contribution is -2.44. The number of benzene rings is 1. The molecular formula is C17H18N2O2. The van der Waals surface area contributed by atoms with Crippen LogP contribution in [0.5, 0.6) is 0 Å². The zero-order chi connectivity index (χ0) is 15.0. The van der Waals surface area contributed by atoms with Gasteiger partial charge in [0.25, 0.3) is 11.8 Å². The summed E-state index contributed by atoms with van der Waals surface area (Å²) >= 11 is 0. The van der Waals surface area contributed by atoms with Gasteiger partial charge in [0.15, 0.2) is 0 Å². The van der Waals surface area contributed by atoms with Crippen LogP contribution in [0.3, 0.4) is 0 Å². The molecule has 4 heteroatoms. The Balaban J connectivity index is 1.94. The molecule has 0 spiro atoms. The van der Waals surface area contributed by atoms with Crippen LogP contribution in [-0.4, -0.2) is 22.8 Å². The Morgan fingerprint density at radius 2 is 1.81 bits per heavy atom. The minimum absolute atomic E-state index is 0.118. The van der Waals surface area contributed by atoms with Crippen LogP contribution in [-0.2, 0) is 0 Å². The second-order valence-corrected chi connectivity index (χ2v) is 6.00. The van der Waals surface area contributed by atoms with Gasteiger partial charge in [0.2, 0.25) is 0 Å². The van der Waals surface area contributed by atoms with Gasteiger partial charge in [0, 0.05) is 0 Å². The van der Waals surface area contributed by atoms with E-state index in [1.807, 2.05) is 13.0 Å². The maximum atomic E-state index is 12.6. The molecule has 108 valence electrons. The Hall–Kier alpha value is -2.15. The van der Waals surface area contributed by atoms with Gasteiger partial charge in [-0.05, 0) is 37.8 Å². The Morgan fingerprint density at radius 1 is 1.14 bits per heavy atom. The minimum atomic E-state index is -0.627. The second kappa shape index (κ2) is 5.33. The first-order valence-corrected chi connectivity index (χ1v) is 7.51. The Labute approximate surface area is 124 Å². The number of nitriles is 1. The van der Waals surface area contributed by atoms with Crippen molar-refractivity contribution < 1.29 is 9.59 Å². The summed E-state index contributed by atoms with van der Waals surface area (Å²) in [7, 11) is 0. The quantitative estimate of drug-likeness (QED) is 0.783. The zero-order valence-electron chi connectivity index (χ0n) is 12.1. The van der Waals surface area contributed by atoms with Crippen LogP contribution in [0.4, 0.5) is 0 Å². The molecule has 1 unspecified atom stereocenters. The highest BCUT2D eigenvalue weighted by atomic mass is 16.2. The number of fused-ring (bicyclic) bond motifs is 1. The fourth-order valence-electron chi connectivity index (χ4n) is 3.45. The lowest BCUT2D eigenvalue weighted by molar-refractivity contribution is 0.0558. The predicted molar refractivity (Wildman–Crippen MR) is 77.7 cm³/mol. The van der Waals surface area contributed by atoms with Crippen LogP contribution in [0.1, 0.15) is 58.4 Å². The number of carbonyl (C=O) groups is 2. The van der Waals surface area contributed by atoms with Gasteiger partial charge < -0.3 is 0 Å². The highest BCUT2D eigenvalue weighted by Gasteiger charge is 2.43. The predicted octanol–water partition coefficient (Wildman–Crippen LogP) is 3.06. The summed E-state index contributed by atoms with van der Waals surface area (Å²) < 4.78 is 0. The van der Waals surface area contributed by atoms with Gasteiger partial charge in [0.1, 0.15) is 6.04 Å². The zero-order valence-corrected chi connectivity index (χ0v) is 12.1. The van der Waals surface area contributed by atoms with E-state index >= 15 is 0 Å². The minimum Gasteiger partial charge on any atom is -0.269 e. The molecule has 1 heterocycles. The van der Waals surface area contributed by atoms with Gasteiger partial charge in [-0.3, -0.25) is 14.5 Å². The van der Waals surface area contributed by atoms with Crippen molar-refractivity contribution in [2.24, 2.45) is 5.92 Å². The third-order valence-electron chi connectivity index (χ3n) is 4.58. The summed E-state index contributed by atoms with van der Waals surface area (Å²) in [5.74, 6) is -0.505. The molecule has 1 fully saturated rings. The van der Waals surface area contributed by atoms with Crippen molar-refractivity contribution in [3.8, 4) is 6.07 Å². The topological polar surface area (TPSA) is 61.2 Å². The van der Waals surface area contributed by atoms with Crippen molar-refractivity contribution >= 4 is 11.8 Å². The monoisotopic (exact) mass is 282 g/mol. The summed E-state index contributed by atoms with van der Waals surface area (Å²) in [6, 6.07) is 6.85. The van der Waals surface area contributed by atoms with Gasteiger partial charge in [-0.2, -0.15) is 5.26 Å². The van der Waals surface area contributed by atoms with E-state index in [0.29, 0.717) is 11.1 Å². The van der Waals surface area contributed by atoms with Crippen LogP contribution in [0, 0.1) is 24.2 Å². The highest BCUT2D eigenvalue weighted by molar-refractivity contribution is 6.21. The van der Waals surface area contributed by atoms with Crippen molar-refractivity contribution in [1.82, 2.24) is 4.90 Å². The van der Waals surface area contributed by atoms with Gasteiger partial charge in [-0.15, -0.1) is 0 Å². The molecule has 1 aromatic rings. The number of nitrogens with zero attached hydrogens (tertiary/aromatic N) is 2. The molecule has 2 amide bonds. The third kappa shape index (κ3) is 2.23. The molecular weight excluding hydrogens is 264 g/mol. The number of amides is 2.